The van der Waals surface area contributed by atoms with Crippen LogP contribution in [0.15, 0.2) is 94.2 Å². The standard InChI is InChI=1S/C31H23NO3S/c1-18-12-14-21(15-13-18)36(33,34)32-26-10-6-4-8-22(26)28-29-23-9-5-7-11-27(23)35-31(29)25-17-20(3)19(2)16-24(25)30(28)32/h4-17H,1-3H3. The second-order valence-electron chi connectivity index (χ2n) is 9.61. The lowest BCUT2D eigenvalue weighted by Gasteiger charge is -2.13. The first-order valence-corrected chi connectivity index (χ1v) is 13.4. The van der Waals surface area contributed by atoms with E-state index >= 15 is 0 Å². The molecule has 5 heteroatoms. The summed E-state index contributed by atoms with van der Waals surface area (Å²) < 4.78 is 36.6. The molecule has 0 aliphatic carbocycles. The Labute approximate surface area is 208 Å². The number of hydrogen-bond donors (Lipinski definition) is 0. The van der Waals surface area contributed by atoms with Crippen LogP contribution in [0.3, 0.4) is 0 Å². The summed E-state index contributed by atoms with van der Waals surface area (Å²) in [5.41, 5.74) is 6.17. The Morgan fingerprint density at radius 2 is 1.31 bits per heavy atom. The molecule has 5 aromatic carbocycles. The summed E-state index contributed by atoms with van der Waals surface area (Å²) in [7, 11) is -3.90. The molecule has 0 bridgehead atoms. The van der Waals surface area contributed by atoms with Crippen molar-refractivity contribution in [3.63, 3.8) is 0 Å². The normalized spacial score (nSPS) is 12.5. The molecule has 7 rings (SSSR count). The highest BCUT2D eigenvalue weighted by atomic mass is 32.2. The minimum Gasteiger partial charge on any atom is -0.455 e. The summed E-state index contributed by atoms with van der Waals surface area (Å²) in [5, 5.41) is 5.50. The van der Waals surface area contributed by atoms with E-state index in [0.717, 1.165) is 60.2 Å². The van der Waals surface area contributed by atoms with Crippen molar-refractivity contribution in [1.29, 1.82) is 0 Å². The molecule has 0 fully saturated rings. The van der Waals surface area contributed by atoms with Gasteiger partial charge in [-0.2, -0.15) is 0 Å². The lowest BCUT2D eigenvalue weighted by Crippen LogP contribution is -2.13. The summed E-state index contributed by atoms with van der Waals surface area (Å²) in [6.45, 7) is 6.09. The number of aromatic nitrogens is 1. The van der Waals surface area contributed by atoms with Gasteiger partial charge in [-0.25, -0.2) is 12.4 Å². The molecule has 0 unspecified atom stereocenters. The van der Waals surface area contributed by atoms with Crippen molar-refractivity contribution in [2.45, 2.75) is 25.7 Å². The van der Waals surface area contributed by atoms with Gasteiger partial charge >= 0.3 is 0 Å². The minimum atomic E-state index is -3.90. The Morgan fingerprint density at radius 1 is 0.667 bits per heavy atom. The third-order valence-electron chi connectivity index (χ3n) is 7.37. The van der Waals surface area contributed by atoms with Gasteiger partial charge in [0.1, 0.15) is 11.2 Å². The molecule has 0 saturated heterocycles. The van der Waals surface area contributed by atoms with E-state index in [1.54, 1.807) is 16.1 Å². The van der Waals surface area contributed by atoms with Gasteiger partial charge in [0.05, 0.1) is 15.9 Å². The van der Waals surface area contributed by atoms with Crippen LogP contribution in [-0.4, -0.2) is 12.4 Å². The van der Waals surface area contributed by atoms with Crippen molar-refractivity contribution < 1.29 is 12.8 Å². The molecule has 2 aromatic heterocycles. The fourth-order valence-electron chi connectivity index (χ4n) is 5.46. The maximum absolute atomic E-state index is 14.3. The molecular weight excluding hydrogens is 466 g/mol. The highest BCUT2D eigenvalue weighted by molar-refractivity contribution is 7.90. The third-order valence-corrected chi connectivity index (χ3v) is 9.10. The quantitative estimate of drug-likeness (QED) is 0.247. The molecule has 0 radical (unpaired) electrons. The second kappa shape index (κ2) is 7.21. The molecular formula is C31H23NO3S. The van der Waals surface area contributed by atoms with Crippen LogP contribution in [0.25, 0.3) is 54.5 Å². The molecule has 0 aliphatic rings. The first-order valence-electron chi connectivity index (χ1n) is 12.0. The Balaban J connectivity index is 1.83. The van der Waals surface area contributed by atoms with Gasteiger partial charge < -0.3 is 4.42 Å². The predicted octanol–water partition coefficient (Wildman–Crippen LogP) is 8.01. The number of hydrogen-bond acceptors (Lipinski definition) is 3. The van der Waals surface area contributed by atoms with E-state index in [1.165, 1.54) is 0 Å². The average Bonchev–Trinajstić information content (AvgIpc) is 3.42. The number of fused-ring (bicyclic) bond motifs is 10. The van der Waals surface area contributed by atoms with Crippen LogP contribution in [0.2, 0.25) is 0 Å². The van der Waals surface area contributed by atoms with Crippen LogP contribution in [0.1, 0.15) is 16.7 Å². The van der Waals surface area contributed by atoms with Crippen LogP contribution in [0, 0.1) is 20.8 Å². The van der Waals surface area contributed by atoms with Crippen LogP contribution in [0.5, 0.6) is 0 Å². The van der Waals surface area contributed by atoms with Crippen molar-refractivity contribution in [2.75, 3.05) is 0 Å². The maximum Gasteiger partial charge on any atom is 0.268 e. The number of furan rings is 1. The fraction of sp³-hybridized carbons (Fsp3) is 0.0968. The van der Waals surface area contributed by atoms with Crippen LogP contribution < -0.4 is 0 Å². The van der Waals surface area contributed by atoms with Gasteiger partial charge in [0.15, 0.2) is 0 Å². The number of nitrogens with zero attached hydrogens (tertiary/aromatic N) is 1. The van der Waals surface area contributed by atoms with Gasteiger partial charge in [0.2, 0.25) is 0 Å². The Bertz CT molecular complexity index is 2130. The minimum absolute atomic E-state index is 0.268. The molecule has 0 amide bonds. The number of rotatable bonds is 2. The highest BCUT2D eigenvalue weighted by Crippen LogP contribution is 2.46. The molecule has 0 saturated carbocycles. The smallest absolute Gasteiger partial charge is 0.268 e. The van der Waals surface area contributed by atoms with Gasteiger partial charge in [0.25, 0.3) is 10.0 Å². The van der Waals surface area contributed by atoms with Gasteiger partial charge in [-0.1, -0.05) is 54.1 Å². The Morgan fingerprint density at radius 3 is 2.06 bits per heavy atom. The average molecular weight is 490 g/mol. The van der Waals surface area contributed by atoms with Crippen molar-refractivity contribution in [3.05, 3.63) is 102 Å². The van der Waals surface area contributed by atoms with Crippen LogP contribution >= 0.6 is 0 Å². The second-order valence-corrected chi connectivity index (χ2v) is 11.4. The van der Waals surface area contributed by atoms with Crippen LogP contribution in [-0.2, 0) is 10.0 Å². The molecule has 0 N–H and O–H groups in total. The number of para-hydroxylation sites is 2. The molecule has 0 atom stereocenters. The summed E-state index contributed by atoms with van der Waals surface area (Å²) in [5.74, 6) is 0. The number of benzene rings is 5. The summed E-state index contributed by atoms with van der Waals surface area (Å²) in [4.78, 5) is 0.268. The van der Waals surface area contributed by atoms with Crippen molar-refractivity contribution in [2.24, 2.45) is 0 Å². The largest absolute Gasteiger partial charge is 0.455 e. The first kappa shape index (κ1) is 21.2. The zero-order valence-corrected chi connectivity index (χ0v) is 21.0. The first-order chi connectivity index (χ1) is 17.4. The third kappa shape index (κ3) is 2.72. The molecule has 4 nitrogen and oxygen atoms in total. The van der Waals surface area contributed by atoms with E-state index in [1.807, 2.05) is 67.6 Å². The highest BCUT2D eigenvalue weighted by Gasteiger charge is 2.28. The summed E-state index contributed by atoms with van der Waals surface area (Å²) in [6, 6.07) is 27.0. The van der Waals surface area contributed by atoms with Gasteiger partial charge in [0, 0.05) is 32.3 Å². The van der Waals surface area contributed by atoms with Gasteiger partial charge in [-0.05, 0) is 68.3 Å². The molecule has 2 heterocycles. The summed E-state index contributed by atoms with van der Waals surface area (Å²) in [6.07, 6.45) is 0. The molecule has 0 spiro atoms. The Kier molecular flexibility index (Phi) is 4.25. The lowest BCUT2D eigenvalue weighted by atomic mass is 9.96. The number of aryl methyl sites for hydroxylation is 3. The monoisotopic (exact) mass is 489 g/mol. The zero-order chi connectivity index (χ0) is 24.8. The zero-order valence-electron chi connectivity index (χ0n) is 20.2. The fourth-order valence-corrected chi connectivity index (χ4v) is 7.00. The van der Waals surface area contributed by atoms with Gasteiger partial charge in [-0.3, -0.25) is 0 Å². The predicted molar refractivity (Wildman–Crippen MR) is 147 cm³/mol. The van der Waals surface area contributed by atoms with Crippen molar-refractivity contribution in [1.82, 2.24) is 3.97 Å². The Hall–Kier alpha value is -4.09. The van der Waals surface area contributed by atoms with Crippen molar-refractivity contribution >= 4 is 64.5 Å². The lowest BCUT2D eigenvalue weighted by molar-refractivity contribution is 0.590. The van der Waals surface area contributed by atoms with E-state index in [-0.39, 0.29) is 4.90 Å². The van der Waals surface area contributed by atoms with Gasteiger partial charge in [-0.15, -0.1) is 0 Å². The van der Waals surface area contributed by atoms with E-state index in [4.69, 9.17) is 4.42 Å². The maximum atomic E-state index is 14.3. The van der Waals surface area contributed by atoms with E-state index < -0.39 is 10.0 Å². The van der Waals surface area contributed by atoms with E-state index in [2.05, 4.69) is 26.0 Å². The van der Waals surface area contributed by atoms with Crippen LogP contribution in [0.4, 0.5) is 0 Å². The van der Waals surface area contributed by atoms with Crippen molar-refractivity contribution in [3.8, 4) is 0 Å². The molecule has 176 valence electrons. The molecule has 7 aromatic rings. The topological polar surface area (TPSA) is 52.2 Å². The molecule has 0 aliphatic heterocycles. The van der Waals surface area contributed by atoms with E-state index in [0.29, 0.717) is 11.0 Å². The summed E-state index contributed by atoms with van der Waals surface area (Å²) >= 11 is 0. The SMILES string of the molecule is Cc1ccc(S(=O)(=O)n2c3ccccc3c3c4c5ccccc5oc4c4cc(C)c(C)cc4c32)cc1. The molecule has 36 heavy (non-hydrogen) atoms. The van der Waals surface area contributed by atoms with E-state index in [9.17, 15) is 8.42 Å².